The minimum absolute atomic E-state index is 0.0625. The van der Waals surface area contributed by atoms with Gasteiger partial charge in [0, 0.05) is 42.9 Å². The van der Waals surface area contributed by atoms with Crippen molar-refractivity contribution < 1.29 is 23.5 Å². The zero-order valence-corrected chi connectivity index (χ0v) is 19.6. The van der Waals surface area contributed by atoms with Crippen molar-refractivity contribution in [1.82, 2.24) is 15.1 Å². The maximum absolute atomic E-state index is 15.2. The molecule has 0 unspecified atom stereocenters. The summed E-state index contributed by atoms with van der Waals surface area (Å²) in [6.45, 7) is 1.19. The van der Waals surface area contributed by atoms with Crippen molar-refractivity contribution in [2.24, 2.45) is 0 Å². The quantitative estimate of drug-likeness (QED) is 0.518. The number of allylic oxidation sites excluding steroid dienone is 1. The number of nitrogens with zero attached hydrogens (tertiary/aromatic N) is 3. The number of amides is 2. The molecule has 1 aromatic heterocycles. The van der Waals surface area contributed by atoms with Crippen LogP contribution in [0, 0.1) is 6.92 Å². The predicted molar refractivity (Wildman–Crippen MR) is 129 cm³/mol. The summed E-state index contributed by atoms with van der Waals surface area (Å²) in [6.07, 6.45) is 1.91. The number of benzene rings is 2. The van der Waals surface area contributed by atoms with Gasteiger partial charge in [0.05, 0.1) is 34.3 Å². The van der Waals surface area contributed by atoms with Crippen LogP contribution in [0.4, 0.5) is 14.5 Å². The second kappa shape index (κ2) is 9.97. The van der Waals surface area contributed by atoms with E-state index < -0.39 is 29.7 Å². The first kappa shape index (κ1) is 24.6. The van der Waals surface area contributed by atoms with Crippen molar-refractivity contribution in [3.63, 3.8) is 0 Å². The first-order valence-corrected chi connectivity index (χ1v) is 11.3. The maximum atomic E-state index is 15.2. The van der Waals surface area contributed by atoms with Gasteiger partial charge in [-0.1, -0.05) is 29.8 Å². The molecule has 182 valence electrons. The smallest absolute Gasteiger partial charge is 0.275 e. The molecular formula is C25H23ClF2N4O3. The molecule has 0 aliphatic carbocycles. The molecule has 0 spiro atoms. The zero-order valence-electron chi connectivity index (χ0n) is 18.8. The normalized spacial score (nSPS) is 16.0. The number of hydrogen-bond donors (Lipinski definition) is 2. The summed E-state index contributed by atoms with van der Waals surface area (Å²) < 4.78 is 32.0. The van der Waals surface area contributed by atoms with E-state index in [1.54, 1.807) is 47.3 Å². The minimum Gasteiger partial charge on any atom is -0.395 e. The molecule has 35 heavy (non-hydrogen) atoms. The zero-order chi connectivity index (χ0) is 25.2. The van der Waals surface area contributed by atoms with Crippen LogP contribution in [0.5, 0.6) is 0 Å². The van der Waals surface area contributed by atoms with Gasteiger partial charge in [-0.3, -0.25) is 9.59 Å². The third-order valence-electron chi connectivity index (χ3n) is 5.63. The highest BCUT2D eigenvalue weighted by Gasteiger charge is 2.41. The summed E-state index contributed by atoms with van der Waals surface area (Å²) in [5.41, 5.74) is 1.46. The minimum atomic E-state index is -3.37. The Kier molecular flexibility index (Phi) is 7.00. The SMILES string of the molecule is Cc1ccn(-c2ccc(C(=O)N3CCC(F)(F)/C(=C\C(=O)NCCO)c4ccccc43)c(Cl)c2)n1. The van der Waals surface area contributed by atoms with E-state index in [0.717, 1.165) is 11.8 Å². The molecule has 0 saturated heterocycles. The summed E-state index contributed by atoms with van der Waals surface area (Å²) >= 11 is 6.45. The number of para-hydroxylation sites is 1. The highest BCUT2D eigenvalue weighted by molar-refractivity contribution is 6.34. The second-order valence-corrected chi connectivity index (χ2v) is 8.47. The molecule has 3 aromatic rings. The molecule has 0 fully saturated rings. The van der Waals surface area contributed by atoms with Gasteiger partial charge in [0.2, 0.25) is 5.91 Å². The Labute approximate surface area is 205 Å². The lowest BCUT2D eigenvalue weighted by Gasteiger charge is -2.23. The second-order valence-electron chi connectivity index (χ2n) is 8.07. The van der Waals surface area contributed by atoms with Crippen LogP contribution in [-0.4, -0.2) is 52.3 Å². The average Bonchev–Trinajstić information content (AvgIpc) is 3.23. The molecule has 1 aliphatic rings. The van der Waals surface area contributed by atoms with E-state index in [1.807, 2.05) is 13.0 Å². The van der Waals surface area contributed by atoms with E-state index in [1.165, 1.54) is 11.0 Å². The topological polar surface area (TPSA) is 87.5 Å². The van der Waals surface area contributed by atoms with Crippen molar-refractivity contribution in [2.75, 3.05) is 24.6 Å². The number of aliphatic hydroxyl groups is 1. The molecular weight excluding hydrogens is 478 g/mol. The molecule has 0 bridgehead atoms. The van der Waals surface area contributed by atoms with E-state index in [2.05, 4.69) is 10.4 Å². The lowest BCUT2D eigenvalue weighted by molar-refractivity contribution is -0.116. The van der Waals surface area contributed by atoms with Gasteiger partial charge >= 0.3 is 0 Å². The van der Waals surface area contributed by atoms with Gasteiger partial charge in [0.25, 0.3) is 11.8 Å². The number of nitrogens with one attached hydrogen (secondary N) is 1. The molecule has 10 heteroatoms. The Hall–Kier alpha value is -3.56. The molecule has 4 rings (SSSR count). The molecule has 7 nitrogen and oxygen atoms in total. The summed E-state index contributed by atoms with van der Waals surface area (Å²) in [4.78, 5) is 27.0. The summed E-state index contributed by atoms with van der Waals surface area (Å²) in [7, 11) is 0. The fourth-order valence-electron chi connectivity index (χ4n) is 3.92. The van der Waals surface area contributed by atoms with Crippen LogP contribution in [-0.2, 0) is 4.79 Å². The fraction of sp³-hybridized carbons (Fsp3) is 0.240. The largest absolute Gasteiger partial charge is 0.395 e. The standard InChI is InChI=1S/C25H23ClF2N4O3/c1-16-8-11-32(30-16)17-6-7-19(21(26)14-17)24(35)31-12-9-25(27,28)20(15-23(34)29-10-13-33)18-4-2-3-5-22(18)31/h2-8,11,14-15,33H,9-10,12-13H2,1H3,(H,29,34)/b20-15-. The molecule has 0 atom stereocenters. The predicted octanol–water partition coefficient (Wildman–Crippen LogP) is 4.01. The summed E-state index contributed by atoms with van der Waals surface area (Å²) in [5.74, 6) is -4.66. The molecule has 2 heterocycles. The van der Waals surface area contributed by atoms with Crippen molar-refractivity contribution in [2.45, 2.75) is 19.3 Å². The summed E-state index contributed by atoms with van der Waals surface area (Å²) in [5, 5.41) is 15.7. The lowest BCUT2D eigenvalue weighted by atomic mass is 9.97. The molecule has 2 amide bonds. The van der Waals surface area contributed by atoms with Crippen LogP contribution in [0.15, 0.2) is 60.8 Å². The third kappa shape index (κ3) is 5.11. The van der Waals surface area contributed by atoms with Gasteiger partial charge in [-0.15, -0.1) is 0 Å². The van der Waals surface area contributed by atoms with Gasteiger partial charge in [0.1, 0.15) is 0 Å². The molecule has 1 aliphatic heterocycles. The Bertz CT molecular complexity index is 1310. The Balaban J connectivity index is 1.72. The number of hydrogen-bond acceptors (Lipinski definition) is 4. The Morgan fingerprint density at radius 2 is 2.00 bits per heavy atom. The number of anilines is 1. The molecule has 2 aromatic carbocycles. The van der Waals surface area contributed by atoms with E-state index in [0.29, 0.717) is 5.69 Å². The van der Waals surface area contributed by atoms with Gasteiger partial charge in [-0.25, -0.2) is 13.5 Å². The van der Waals surface area contributed by atoms with Crippen LogP contribution in [0.2, 0.25) is 5.02 Å². The highest BCUT2D eigenvalue weighted by Crippen LogP contribution is 2.43. The Morgan fingerprint density at radius 1 is 1.23 bits per heavy atom. The van der Waals surface area contributed by atoms with Crippen molar-refractivity contribution >= 4 is 34.7 Å². The number of alkyl halides is 2. The van der Waals surface area contributed by atoms with Crippen molar-refractivity contribution in [1.29, 1.82) is 0 Å². The fourth-order valence-corrected chi connectivity index (χ4v) is 4.18. The molecule has 0 saturated carbocycles. The number of carbonyl (C=O) groups excluding carboxylic acids is 2. The van der Waals surface area contributed by atoms with Crippen molar-refractivity contribution in [3.8, 4) is 5.69 Å². The average molecular weight is 501 g/mol. The number of fused-ring (bicyclic) bond motifs is 1. The maximum Gasteiger partial charge on any atom is 0.275 e. The van der Waals surface area contributed by atoms with Crippen LogP contribution < -0.4 is 10.2 Å². The summed E-state index contributed by atoms with van der Waals surface area (Å²) in [6, 6.07) is 12.9. The van der Waals surface area contributed by atoms with Crippen LogP contribution >= 0.6 is 11.6 Å². The monoisotopic (exact) mass is 500 g/mol. The number of rotatable bonds is 5. The highest BCUT2D eigenvalue weighted by atomic mass is 35.5. The molecule has 2 N–H and O–H groups in total. The van der Waals surface area contributed by atoms with E-state index >= 15 is 8.78 Å². The van der Waals surface area contributed by atoms with Crippen LogP contribution in [0.25, 0.3) is 11.3 Å². The van der Waals surface area contributed by atoms with E-state index in [-0.39, 0.29) is 41.5 Å². The number of halogens is 3. The van der Waals surface area contributed by atoms with Gasteiger partial charge < -0.3 is 15.3 Å². The number of carbonyl (C=O) groups is 2. The first-order valence-electron chi connectivity index (χ1n) is 10.9. The van der Waals surface area contributed by atoms with Crippen LogP contribution in [0.1, 0.15) is 28.0 Å². The first-order chi connectivity index (χ1) is 16.7. The molecule has 0 radical (unpaired) electrons. The van der Waals surface area contributed by atoms with E-state index in [9.17, 15) is 9.59 Å². The van der Waals surface area contributed by atoms with Gasteiger partial charge in [-0.05, 0) is 37.3 Å². The third-order valence-corrected chi connectivity index (χ3v) is 5.94. The van der Waals surface area contributed by atoms with Crippen molar-refractivity contribution in [3.05, 3.63) is 82.6 Å². The number of aliphatic hydroxyl groups excluding tert-OH is 1. The number of aromatic nitrogens is 2. The van der Waals surface area contributed by atoms with E-state index in [4.69, 9.17) is 16.7 Å². The Morgan fingerprint density at radius 3 is 2.69 bits per heavy atom. The lowest BCUT2D eigenvalue weighted by Crippen LogP contribution is -2.33. The van der Waals surface area contributed by atoms with Crippen LogP contribution in [0.3, 0.4) is 0 Å². The van der Waals surface area contributed by atoms with Gasteiger partial charge in [0.15, 0.2) is 0 Å². The van der Waals surface area contributed by atoms with Gasteiger partial charge in [-0.2, -0.15) is 5.10 Å². The number of aryl methyl sites for hydroxylation is 1.